The summed E-state index contributed by atoms with van der Waals surface area (Å²) in [4.78, 5) is 2.48. The topological polar surface area (TPSA) is 15.3 Å². The molecule has 1 fully saturated rings. The molecule has 1 N–H and O–H groups in total. The molecule has 2 rings (SSSR count). The zero-order valence-electron chi connectivity index (χ0n) is 12.3. The highest BCUT2D eigenvalue weighted by atomic mass is 35.5. The molecular weight excluding hydrogens is 291 g/mol. The molecule has 1 aromatic rings. The van der Waals surface area contributed by atoms with Crippen LogP contribution in [0.5, 0.6) is 0 Å². The normalized spacial score (nSPS) is 19.8. The van der Waals surface area contributed by atoms with Gasteiger partial charge in [-0.2, -0.15) is 0 Å². The van der Waals surface area contributed by atoms with Gasteiger partial charge in [0, 0.05) is 34.7 Å². The van der Waals surface area contributed by atoms with Crippen molar-refractivity contribution >= 4 is 23.2 Å². The first kappa shape index (κ1) is 16.1. The largest absolute Gasteiger partial charge is 0.316 e. The second-order valence-corrected chi connectivity index (χ2v) is 6.75. The van der Waals surface area contributed by atoms with E-state index < -0.39 is 0 Å². The van der Waals surface area contributed by atoms with Crippen LogP contribution in [0.4, 0.5) is 0 Å². The Morgan fingerprint density at radius 2 is 2.00 bits per heavy atom. The number of nitrogens with one attached hydrogen (secondary N) is 1. The lowest BCUT2D eigenvalue weighted by atomic mass is 9.98. The Bertz CT molecular complexity index is 408. The molecule has 0 saturated carbocycles. The summed E-state index contributed by atoms with van der Waals surface area (Å²) in [5.41, 5.74) is 1.05. The van der Waals surface area contributed by atoms with Crippen molar-refractivity contribution in [3.05, 3.63) is 33.8 Å². The number of rotatable bonds is 5. The molecule has 1 heterocycles. The van der Waals surface area contributed by atoms with Gasteiger partial charge in [0.05, 0.1) is 0 Å². The standard InChI is InChI=1S/C16H24Cl2N2/c1-12(2)20(10-13-5-4-8-19-9-13)11-14-15(17)6-3-7-16(14)18/h3,6-7,12-13,19H,4-5,8-11H2,1-2H3. The molecule has 0 spiro atoms. The summed E-state index contributed by atoms with van der Waals surface area (Å²) in [5, 5.41) is 5.02. The van der Waals surface area contributed by atoms with Crippen molar-refractivity contribution in [3.63, 3.8) is 0 Å². The lowest BCUT2D eigenvalue weighted by Gasteiger charge is -2.33. The van der Waals surface area contributed by atoms with Crippen molar-refractivity contribution < 1.29 is 0 Å². The second kappa shape index (κ2) is 7.65. The monoisotopic (exact) mass is 314 g/mol. The maximum Gasteiger partial charge on any atom is 0.0465 e. The minimum Gasteiger partial charge on any atom is -0.316 e. The van der Waals surface area contributed by atoms with E-state index in [1.165, 1.54) is 12.8 Å². The summed E-state index contributed by atoms with van der Waals surface area (Å²) in [6.45, 7) is 8.69. The highest BCUT2D eigenvalue weighted by molar-refractivity contribution is 6.35. The average Bonchev–Trinajstić information content (AvgIpc) is 2.42. The summed E-state index contributed by atoms with van der Waals surface area (Å²) in [6.07, 6.45) is 2.59. The number of hydrogen-bond acceptors (Lipinski definition) is 2. The van der Waals surface area contributed by atoms with Crippen LogP contribution in [0.3, 0.4) is 0 Å². The van der Waals surface area contributed by atoms with Crippen LogP contribution in [0, 0.1) is 5.92 Å². The average molecular weight is 315 g/mol. The van der Waals surface area contributed by atoms with E-state index in [0.29, 0.717) is 6.04 Å². The molecule has 1 aliphatic heterocycles. The molecule has 1 atom stereocenters. The SMILES string of the molecule is CC(C)N(Cc1c(Cl)cccc1Cl)CC1CCCNC1. The highest BCUT2D eigenvalue weighted by Gasteiger charge is 2.20. The Labute approximate surface area is 132 Å². The molecule has 0 radical (unpaired) electrons. The van der Waals surface area contributed by atoms with E-state index in [9.17, 15) is 0 Å². The molecule has 112 valence electrons. The quantitative estimate of drug-likeness (QED) is 0.876. The number of piperidine rings is 1. The lowest BCUT2D eigenvalue weighted by molar-refractivity contribution is 0.164. The van der Waals surface area contributed by atoms with Gasteiger partial charge < -0.3 is 5.32 Å². The minimum atomic E-state index is 0.490. The van der Waals surface area contributed by atoms with Crippen LogP contribution < -0.4 is 5.32 Å². The van der Waals surface area contributed by atoms with Crippen molar-refractivity contribution in [1.29, 1.82) is 0 Å². The molecule has 0 aromatic heterocycles. The molecular formula is C16H24Cl2N2. The Hall–Kier alpha value is -0.280. The van der Waals surface area contributed by atoms with Crippen LogP contribution >= 0.6 is 23.2 Å². The van der Waals surface area contributed by atoms with Crippen LogP contribution in [-0.2, 0) is 6.54 Å². The van der Waals surface area contributed by atoms with E-state index in [4.69, 9.17) is 23.2 Å². The van der Waals surface area contributed by atoms with E-state index in [1.807, 2.05) is 18.2 Å². The van der Waals surface area contributed by atoms with E-state index in [0.717, 1.165) is 47.7 Å². The van der Waals surface area contributed by atoms with Gasteiger partial charge in [0.15, 0.2) is 0 Å². The fourth-order valence-corrected chi connectivity index (χ4v) is 3.27. The van der Waals surface area contributed by atoms with Gasteiger partial charge in [0.1, 0.15) is 0 Å². The van der Waals surface area contributed by atoms with Gasteiger partial charge in [-0.25, -0.2) is 0 Å². The summed E-state index contributed by atoms with van der Waals surface area (Å²) in [5.74, 6) is 0.729. The molecule has 0 bridgehead atoms. The maximum atomic E-state index is 6.30. The number of hydrogen-bond donors (Lipinski definition) is 1. The van der Waals surface area contributed by atoms with Crippen LogP contribution in [0.15, 0.2) is 18.2 Å². The fraction of sp³-hybridized carbons (Fsp3) is 0.625. The summed E-state index contributed by atoms with van der Waals surface area (Å²) >= 11 is 12.6. The van der Waals surface area contributed by atoms with Gasteiger partial charge in [-0.05, 0) is 57.8 Å². The molecule has 0 amide bonds. The van der Waals surface area contributed by atoms with Crippen LogP contribution in [0.2, 0.25) is 10.0 Å². The molecule has 4 heteroatoms. The Morgan fingerprint density at radius 1 is 1.30 bits per heavy atom. The third-order valence-electron chi connectivity index (χ3n) is 4.04. The van der Waals surface area contributed by atoms with E-state index in [-0.39, 0.29) is 0 Å². The van der Waals surface area contributed by atoms with Crippen molar-refractivity contribution in [2.45, 2.75) is 39.3 Å². The van der Waals surface area contributed by atoms with Crippen LogP contribution in [0.25, 0.3) is 0 Å². The number of nitrogens with zero attached hydrogens (tertiary/aromatic N) is 1. The van der Waals surface area contributed by atoms with Crippen molar-refractivity contribution in [3.8, 4) is 0 Å². The number of halogens is 2. The van der Waals surface area contributed by atoms with Crippen molar-refractivity contribution in [2.24, 2.45) is 5.92 Å². The first-order chi connectivity index (χ1) is 9.58. The summed E-state index contributed by atoms with van der Waals surface area (Å²) < 4.78 is 0. The van der Waals surface area contributed by atoms with E-state index in [1.54, 1.807) is 0 Å². The molecule has 1 saturated heterocycles. The Kier molecular flexibility index (Phi) is 6.16. The van der Waals surface area contributed by atoms with Crippen molar-refractivity contribution in [2.75, 3.05) is 19.6 Å². The zero-order valence-corrected chi connectivity index (χ0v) is 13.8. The minimum absolute atomic E-state index is 0.490. The van der Waals surface area contributed by atoms with Gasteiger partial charge >= 0.3 is 0 Å². The summed E-state index contributed by atoms with van der Waals surface area (Å²) in [6, 6.07) is 6.23. The van der Waals surface area contributed by atoms with Gasteiger partial charge in [0.2, 0.25) is 0 Å². The first-order valence-electron chi connectivity index (χ1n) is 7.45. The molecule has 2 nitrogen and oxygen atoms in total. The molecule has 0 aliphatic carbocycles. The number of benzene rings is 1. The predicted molar refractivity (Wildman–Crippen MR) is 87.6 cm³/mol. The molecule has 1 aromatic carbocycles. The Balaban J connectivity index is 2.05. The maximum absolute atomic E-state index is 6.30. The van der Waals surface area contributed by atoms with Gasteiger partial charge in [-0.1, -0.05) is 29.3 Å². The van der Waals surface area contributed by atoms with E-state index >= 15 is 0 Å². The third-order valence-corrected chi connectivity index (χ3v) is 4.75. The smallest absolute Gasteiger partial charge is 0.0465 e. The molecule has 20 heavy (non-hydrogen) atoms. The molecule has 1 aliphatic rings. The third kappa shape index (κ3) is 4.36. The summed E-state index contributed by atoms with van der Waals surface area (Å²) in [7, 11) is 0. The van der Waals surface area contributed by atoms with Crippen LogP contribution in [-0.4, -0.2) is 30.6 Å². The van der Waals surface area contributed by atoms with Crippen LogP contribution in [0.1, 0.15) is 32.3 Å². The first-order valence-corrected chi connectivity index (χ1v) is 8.21. The van der Waals surface area contributed by atoms with Crippen molar-refractivity contribution in [1.82, 2.24) is 10.2 Å². The van der Waals surface area contributed by atoms with Gasteiger partial charge in [-0.15, -0.1) is 0 Å². The predicted octanol–water partition coefficient (Wildman–Crippen LogP) is 4.20. The zero-order chi connectivity index (χ0) is 14.5. The highest BCUT2D eigenvalue weighted by Crippen LogP contribution is 2.27. The van der Waals surface area contributed by atoms with Gasteiger partial charge in [0.25, 0.3) is 0 Å². The van der Waals surface area contributed by atoms with Gasteiger partial charge in [-0.3, -0.25) is 4.90 Å². The van der Waals surface area contributed by atoms with E-state index in [2.05, 4.69) is 24.1 Å². The molecule has 1 unspecified atom stereocenters. The lowest BCUT2D eigenvalue weighted by Crippen LogP contribution is -2.40. The Morgan fingerprint density at radius 3 is 2.55 bits per heavy atom. The second-order valence-electron chi connectivity index (χ2n) is 5.94. The fourth-order valence-electron chi connectivity index (χ4n) is 2.76.